The van der Waals surface area contributed by atoms with E-state index in [2.05, 4.69) is 6.92 Å². The van der Waals surface area contributed by atoms with Crippen LogP contribution in [0.2, 0.25) is 0 Å². The van der Waals surface area contributed by atoms with Gasteiger partial charge in [-0.25, -0.2) is 0 Å². The van der Waals surface area contributed by atoms with E-state index >= 15 is 0 Å². The van der Waals surface area contributed by atoms with Gasteiger partial charge in [0, 0.05) is 0 Å². The first-order chi connectivity index (χ1) is 9.30. The number of hydrogen-bond donors (Lipinski definition) is 2. The molecule has 0 aromatic heterocycles. The van der Waals surface area contributed by atoms with E-state index in [1.54, 1.807) is 0 Å². The minimum Gasteiger partial charge on any atom is -0.481 e. The molecule has 0 aliphatic heterocycles. The van der Waals surface area contributed by atoms with Crippen LogP contribution in [0, 0.1) is 22.2 Å². The molecule has 4 heteroatoms. The first-order valence-electron chi connectivity index (χ1n) is 7.74. The van der Waals surface area contributed by atoms with Crippen LogP contribution in [0.25, 0.3) is 0 Å². The molecular formula is C16H24O4. The van der Waals surface area contributed by atoms with Gasteiger partial charge in [-0.1, -0.05) is 13.3 Å². The molecule has 0 radical (unpaired) electrons. The normalized spacial score (nSPS) is 45.5. The lowest BCUT2D eigenvalue weighted by molar-refractivity contribution is -0.180. The van der Waals surface area contributed by atoms with E-state index in [0.717, 1.165) is 38.5 Å². The first-order valence-corrected chi connectivity index (χ1v) is 7.74. The maximum Gasteiger partial charge on any atom is 0.303 e. The van der Waals surface area contributed by atoms with Crippen molar-refractivity contribution < 1.29 is 19.8 Å². The summed E-state index contributed by atoms with van der Waals surface area (Å²) < 4.78 is 0. The van der Waals surface area contributed by atoms with Crippen LogP contribution in [0.5, 0.6) is 0 Å². The van der Waals surface area contributed by atoms with Gasteiger partial charge in [-0.3, -0.25) is 9.59 Å². The van der Waals surface area contributed by atoms with Crippen LogP contribution in [-0.4, -0.2) is 22.2 Å². The molecule has 4 aliphatic rings. The average molecular weight is 280 g/mol. The van der Waals surface area contributed by atoms with Gasteiger partial charge >= 0.3 is 11.9 Å². The number of carboxylic acids is 2. The lowest BCUT2D eigenvalue weighted by Gasteiger charge is -2.66. The second-order valence-corrected chi connectivity index (χ2v) is 8.00. The van der Waals surface area contributed by atoms with Gasteiger partial charge in [-0.15, -0.1) is 0 Å². The number of aliphatic carboxylic acids is 2. The third-order valence-corrected chi connectivity index (χ3v) is 6.22. The highest BCUT2D eigenvalue weighted by atomic mass is 16.4. The average Bonchev–Trinajstić information content (AvgIpc) is 2.23. The summed E-state index contributed by atoms with van der Waals surface area (Å²) in [5.74, 6) is -0.891. The van der Waals surface area contributed by atoms with Gasteiger partial charge in [0.05, 0.1) is 12.8 Å². The fourth-order valence-electron chi connectivity index (χ4n) is 6.49. The van der Waals surface area contributed by atoms with Crippen LogP contribution >= 0.6 is 0 Å². The second-order valence-electron chi connectivity index (χ2n) is 8.00. The van der Waals surface area contributed by atoms with Gasteiger partial charge in [-0.05, 0) is 60.7 Å². The fourth-order valence-corrected chi connectivity index (χ4v) is 6.49. The van der Waals surface area contributed by atoms with Crippen molar-refractivity contribution in [1.29, 1.82) is 0 Å². The van der Waals surface area contributed by atoms with Crippen LogP contribution in [0.1, 0.15) is 64.7 Å². The van der Waals surface area contributed by atoms with Crippen LogP contribution < -0.4 is 0 Å². The summed E-state index contributed by atoms with van der Waals surface area (Å²) in [4.78, 5) is 22.6. The molecule has 4 aliphatic carbocycles. The zero-order valence-corrected chi connectivity index (χ0v) is 12.2. The zero-order chi connectivity index (χ0) is 14.6. The fraction of sp³-hybridized carbons (Fsp3) is 0.875. The maximum atomic E-state index is 11.3. The molecule has 4 bridgehead atoms. The molecule has 0 unspecified atom stereocenters. The molecule has 2 atom stereocenters. The van der Waals surface area contributed by atoms with Crippen LogP contribution in [-0.2, 0) is 9.59 Å². The molecule has 4 rings (SSSR count). The van der Waals surface area contributed by atoms with Gasteiger partial charge in [0.2, 0.25) is 0 Å². The van der Waals surface area contributed by atoms with Crippen molar-refractivity contribution in [3.05, 3.63) is 0 Å². The molecule has 112 valence electrons. The number of carbonyl (C=O) groups is 2. The summed E-state index contributed by atoms with van der Waals surface area (Å²) in [5.41, 5.74) is -0.0439. The standard InChI is InChI=1S/C16H24O4/c1-2-14-3-11-4-15(8-14,6-12(17)18)10-16(5-11,9-14)7-13(19)20/h11H,2-10H2,1H3,(H,17,18)(H,19,20)/t11?,14?,15-,16-/m1/s1. The van der Waals surface area contributed by atoms with Crippen LogP contribution in [0.15, 0.2) is 0 Å². The Kier molecular flexibility index (Phi) is 2.93. The second kappa shape index (κ2) is 4.22. The number of carboxylic acid groups (broad SMARTS) is 2. The molecule has 4 saturated carbocycles. The molecule has 0 aromatic carbocycles. The minimum atomic E-state index is -0.719. The Hall–Kier alpha value is -1.06. The van der Waals surface area contributed by atoms with Gasteiger partial charge < -0.3 is 10.2 Å². The molecule has 0 heterocycles. The topological polar surface area (TPSA) is 74.6 Å². The lowest BCUT2D eigenvalue weighted by Crippen LogP contribution is -2.57. The van der Waals surface area contributed by atoms with Crippen molar-refractivity contribution in [2.24, 2.45) is 22.2 Å². The summed E-state index contributed by atoms with van der Waals surface area (Å²) in [6.45, 7) is 2.19. The van der Waals surface area contributed by atoms with Crippen molar-refractivity contribution in [3.63, 3.8) is 0 Å². The Morgan fingerprint density at radius 2 is 1.30 bits per heavy atom. The van der Waals surface area contributed by atoms with Crippen molar-refractivity contribution in [2.45, 2.75) is 64.7 Å². The summed E-state index contributed by atoms with van der Waals surface area (Å²) >= 11 is 0. The van der Waals surface area contributed by atoms with Gasteiger partial charge in [0.15, 0.2) is 0 Å². The van der Waals surface area contributed by atoms with E-state index in [1.165, 1.54) is 6.42 Å². The monoisotopic (exact) mass is 280 g/mol. The van der Waals surface area contributed by atoms with E-state index in [1.807, 2.05) is 0 Å². The van der Waals surface area contributed by atoms with Crippen molar-refractivity contribution in [3.8, 4) is 0 Å². The summed E-state index contributed by atoms with van der Waals surface area (Å²) in [7, 11) is 0. The third kappa shape index (κ3) is 2.13. The summed E-state index contributed by atoms with van der Waals surface area (Å²) in [6.07, 6.45) is 7.53. The summed E-state index contributed by atoms with van der Waals surface area (Å²) in [5, 5.41) is 18.6. The largest absolute Gasteiger partial charge is 0.481 e. The SMILES string of the molecule is CCC12CC3C[C@@](CC(=O)O)(C1)C[C@@](CC(=O)O)(C3)C2. The Balaban J connectivity index is 1.96. The Morgan fingerprint density at radius 3 is 1.70 bits per heavy atom. The predicted octanol–water partition coefficient (Wildman–Crippen LogP) is 3.30. The Morgan fingerprint density at radius 1 is 0.900 bits per heavy atom. The van der Waals surface area contributed by atoms with Crippen molar-refractivity contribution in [2.75, 3.05) is 0 Å². The van der Waals surface area contributed by atoms with E-state index in [4.69, 9.17) is 0 Å². The molecule has 20 heavy (non-hydrogen) atoms. The number of hydrogen-bond acceptors (Lipinski definition) is 2. The highest BCUT2D eigenvalue weighted by Gasteiger charge is 2.63. The third-order valence-electron chi connectivity index (χ3n) is 6.22. The predicted molar refractivity (Wildman–Crippen MR) is 73.3 cm³/mol. The molecule has 4 nitrogen and oxygen atoms in total. The van der Waals surface area contributed by atoms with E-state index in [0.29, 0.717) is 5.92 Å². The zero-order valence-electron chi connectivity index (χ0n) is 12.2. The highest BCUT2D eigenvalue weighted by molar-refractivity contribution is 5.69. The Labute approximate surface area is 119 Å². The molecule has 2 N–H and O–H groups in total. The highest BCUT2D eigenvalue weighted by Crippen LogP contribution is 2.72. The first kappa shape index (κ1) is 13.9. The molecule has 0 aromatic rings. The molecule has 0 amide bonds. The van der Waals surface area contributed by atoms with Crippen LogP contribution in [0.3, 0.4) is 0 Å². The van der Waals surface area contributed by atoms with E-state index in [-0.39, 0.29) is 29.1 Å². The van der Waals surface area contributed by atoms with Crippen molar-refractivity contribution >= 4 is 11.9 Å². The Bertz CT molecular complexity index is 423. The van der Waals surface area contributed by atoms with E-state index < -0.39 is 11.9 Å². The van der Waals surface area contributed by atoms with Gasteiger partial charge in [-0.2, -0.15) is 0 Å². The maximum absolute atomic E-state index is 11.3. The molecular weight excluding hydrogens is 256 g/mol. The van der Waals surface area contributed by atoms with Crippen molar-refractivity contribution in [1.82, 2.24) is 0 Å². The van der Waals surface area contributed by atoms with Gasteiger partial charge in [0.25, 0.3) is 0 Å². The van der Waals surface area contributed by atoms with E-state index in [9.17, 15) is 19.8 Å². The quantitative estimate of drug-likeness (QED) is 0.810. The van der Waals surface area contributed by atoms with Gasteiger partial charge in [0.1, 0.15) is 0 Å². The minimum absolute atomic E-state index is 0.128. The lowest BCUT2D eigenvalue weighted by atomic mass is 9.38. The molecule has 4 fully saturated rings. The summed E-state index contributed by atoms with van der Waals surface area (Å²) in [6, 6.07) is 0. The smallest absolute Gasteiger partial charge is 0.303 e. The molecule has 0 saturated heterocycles. The molecule has 0 spiro atoms. The van der Waals surface area contributed by atoms with Crippen LogP contribution in [0.4, 0.5) is 0 Å². The number of rotatable bonds is 5.